The zero-order chi connectivity index (χ0) is 18.1. The number of anilines is 2. The number of carbonyl (C=O) groups excluding carboxylic acids is 1. The van der Waals surface area contributed by atoms with E-state index in [1.54, 1.807) is 25.3 Å². The Hall–Kier alpha value is -2.89. The van der Waals surface area contributed by atoms with E-state index in [1.807, 2.05) is 38.1 Å². The van der Waals surface area contributed by atoms with Gasteiger partial charge >= 0.3 is 0 Å². The first-order valence-corrected chi connectivity index (χ1v) is 8.24. The van der Waals surface area contributed by atoms with Gasteiger partial charge < -0.3 is 24.8 Å². The second kappa shape index (κ2) is 9.42. The van der Waals surface area contributed by atoms with Gasteiger partial charge in [-0.25, -0.2) is 0 Å². The highest BCUT2D eigenvalue weighted by Crippen LogP contribution is 2.30. The quantitative estimate of drug-likeness (QED) is 0.728. The number of hydrogen-bond donors (Lipinski definition) is 2. The molecule has 0 heterocycles. The van der Waals surface area contributed by atoms with Crippen molar-refractivity contribution in [2.75, 3.05) is 37.5 Å². The maximum absolute atomic E-state index is 12.2. The van der Waals surface area contributed by atoms with Crippen molar-refractivity contribution >= 4 is 17.3 Å². The van der Waals surface area contributed by atoms with E-state index in [4.69, 9.17) is 14.2 Å². The first kappa shape index (κ1) is 18.4. The number of hydrogen-bond acceptors (Lipinski definition) is 5. The molecule has 0 atom stereocenters. The van der Waals surface area contributed by atoms with Crippen LogP contribution in [-0.4, -0.2) is 32.8 Å². The van der Waals surface area contributed by atoms with Gasteiger partial charge in [0.1, 0.15) is 5.75 Å². The Morgan fingerprint density at radius 3 is 2.40 bits per heavy atom. The second-order valence-corrected chi connectivity index (χ2v) is 5.13. The van der Waals surface area contributed by atoms with Gasteiger partial charge in [-0.2, -0.15) is 0 Å². The molecular formula is C19H24N2O4. The maximum Gasteiger partial charge on any atom is 0.243 e. The summed E-state index contributed by atoms with van der Waals surface area (Å²) in [6.07, 6.45) is 0. The molecule has 0 spiro atoms. The summed E-state index contributed by atoms with van der Waals surface area (Å²) in [5.41, 5.74) is 1.42. The van der Waals surface area contributed by atoms with Gasteiger partial charge in [0.2, 0.25) is 5.91 Å². The molecule has 2 aromatic carbocycles. The van der Waals surface area contributed by atoms with Crippen LogP contribution in [-0.2, 0) is 4.79 Å². The SMILES string of the molecule is CCOc1ccc(NC(=O)CNc2ccccc2OC)cc1OCC. The number of carbonyl (C=O) groups is 1. The summed E-state index contributed by atoms with van der Waals surface area (Å²) in [5, 5.41) is 5.90. The van der Waals surface area contributed by atoms with Gasteiger partial charge in [-0.05, 0) is 38.1 Å². The Morgan fingerprint density at radius 1 is 0.960 bits per heavy atom. The van der Waals surface area contributed by atoms with Gasteiger partial charge in [0.15, 0.2) is 11.5 Å². The molecular weight excluding hydrogens is 320 g/mol. The van der Waals surface area contributed by atoms with Crippen LogP contribution in [0.3, 0.4) is 0 Å². The highest BCUT2D eigenvalue weighted by atomic mass is 16.5. The molecule has 0 aliphatic heterocycles. The van der Waals surface area contributed by atoms with Crippen molar-refractivity contribution in [3.8, 4) is 17.2 Å². The molecule has 25 heavy (non-hydrogen) atoms. The molecule has 2 aromatic rings. The standard InChI is InChI=1S/C19H24N2O4/c1-4-24-17-11-10-14(12-18(17)25-5-2)21-19(22)13-20-15-8-6-7-9-16(15)23-3/h6-12,20H,4-5,13H2,1-3H3,(H,21,22). The first-order valence-electron chi connectivity index (χ1n) is 8.24. The first-order chi connectivity index (χ1) is 12.2. The van der Waals surface area contributed by atoms with E-state index in [1.165, 1.54) is 0 Å². The van der Waals surface area contributed by atoms with Gasteiger partial charge in [0.25, 0.3) is 0 Å². The Labute approximate surface area is 148 Å². The summed E-state index contributed by atoms with van der Waals surface area (Å²) < 4.78 is 16.3. The van der Waals surface area contributed by atoms with Gasteiger partial charge in [0, 0.05) is 11.8 Å². The van der Waals surface area contributed by atoms with Crippen molar-refractivity contribution in [2.24, 2.45) is 0 Å². The lowest BCUT2D eigenvalue weighted by atomic mass is 10.2. The van der Waals surface area contributed by atoms with Gasteiger partial charge in [-0.1, -0.05) is 12.1 Å². The van der Waals surface area contributed by atoms with Gasteiger partial charge in [0.05, 0.1) is 32.6 Å². The second-order valence-electron chi connectivity index (χ2n) is 5.13. The molecule has 0 radical (unpaired) electrons. The predicted octanol–water partition coefficient (Wildman–Crippen LogP) is 3.54. The third-order valence-corrected chi connectivity index (χ3v) is 3.37. The van der Waals surface area contributed by atoms with Crippen LogP contribution < -0.4 is 24.8 Å². The highest BCUT2D eigenvalue weighted by molar-refractivity contribution is 5.94. The summed E-state index contributed by atoms with van der Waals surface area (Å²) in [7, 11) is 1.59. The van der Waals surface area contributed by atoms with Crippen LogP contribution in [0.25, 0.3) is 0 Å². The van der Waals surface area contributed by atoms with E-state index >= 15 is 0 Å². The number of para-hydroxylation sites is 2. The van der Waals surface area contributed by atoms with Crippen LogP contribution in [0.15, 0.2) is 42.5 Å². The zero-order valence-corrected chi connectivity index (χ0v) is 14.8. The fourth-order valence-corrected chi connectivity index (χ4v) is 2.30. The minimum absolute atomic E-state index is 0.123. The molecule has 1 amide bonds. The van der Waals surface area contributed by atoms with Crippen LogP contribution in [0.2, 0.25) is 0 Å². The van der Waals surface area contributed by atoms with Crippen molar-refractivity contribution in [3.63, 3.8) is 0 Å². The third kappa shape index (κ3) is 5.31. The lowest BCUT2D eigenvalue weighted by Gasteiger charge is -2.14. The van der Waals surface area contributed by atoms with Crippen LogP contribution in [0.1, 0.15) is 13.8 Å². The smallest absolute Gasteiger partial charge is 0.243 e. The van der Waals surface area contributed by atoms with E-state index in [2.05, 4.69) is 10.6 Å². The molecule has 6 heteroatoms. The molecule has 6 nitrogen and oxygen atoms in total. The normalized spacial score (nSPS) is 10.0. The van der Waals surface area contributed by atoms with Gasteiger partial charge in [-0.15, -0.1) is 0 Å². The predicted molar refractivity (Wildman–Crippen MR) is 98.9 cm³/mol. The molecule has 0 aromatic heterocycles. The van der Waals surface area contributed by atoms with Gasteiger partial charge in [-0.3, -0.25) is 4.79 Å². The molecule has 0 saturated heterocycles. The number of nitrogens with one attached hydrogen (secondary N) is 2. The summed E-state index contributed by atoms with van der Waals surface area (Å²) in [4.78, 5) is 12.2. The number of benzene rings is 2. The van der Waals surface area contributed by atoms with E-state index in [0.29, 0.717) is 36.1 Å². The molecule has 0 aliphatic rings. The molecule has 2 rings (SSSR count). The molecule has 0 saturated carbocycles. The minimum Gasteiger partial charge on any atom is -0.495 e. The lowest BCUT2D eigenvalue weighted by Crippen LogP contribution is -2.22. The average molecular weight is 344 g/mol. The summed E-state index contributed by atoms with van der Waals surface area (Å²) in [5.74, 6) is 1.79. The third-order valence-electron chi connectivity index (χ3n) is 3.37. The van der Waals surface area contributed by atoms with E-state index in [-0.39, 0.29) is 12.5 Å². The minimum atomic E-state index is -0.169. The van der Waals surface area contributed by atoms with Crippen molar-refractivity contribution in [1.82, 2.24) is 0 Å². The molecule has 0 unspecified atom stereocenters. The van der Waals surface area contributed by atoms with Crippen molar-refractivity contribution in [2.45, 2.75) is 13.8 Å². The molecule has 0 bridgehead atoms. The number of amides is 1. The lowest BCUT2D eigenvalue weighted by molar-refractivity contribution is -0.114. The summed E-state index contributed by atoms with van der Waals surface area (Å²) in [6.45, 7) is 5.01. The maximum atomic E-state index is 12.2. The summed E-state index contributed by atoms with van der Waals surface area (Å²) in [6, 6.07) is 12.8. The molecule has 134 valence electrons. The van der Waals surface area contributed by atoms with Crippen LogP contribution in [0, 0.1) is 0 Å². The Bertz CT molecular complexity index is 704. The van der Waals surface area contributed by atoms with Crippen molar-refractivity contribution < 1.29 is 19.0 Å². The van der Waals surface area contributed by atoms with Crippen LogP contribution >= 0.6 is 0 Å². The van der Waals surface area contributed by atoms with E-state index in [0.717, 1.165) is 5.69 Å². The molecule has 0 fully saturated rings. The number of methoxy groups -OCH3 is 1. The van der Waals surface area contributed by atoms with Crippen molar-refractivity contribution in [3.05, 3.63) is 42.5 Å². The Balaban J connectivity index is 1.99. The Morgan fingerprint density at radius 2 is 1.68 bits per heavy atom. The molecule has 0 aliphatic carbocycles. The number of rotatable bonds is 9. The van der Waals surface area contributed by atoms with Crippen LogP contribution in [0.4, 0.5) is 11.4 Å². The zero-order valence-electron chi connectivity index (χ0n) is 14.8. The highest BCUT2D eigenvalue weighted by Gasteiger charge is 2.09. The molecule has 2 N–H and O–H groups in total. The fourth-order valence-electron chi connectivity index (χ4n) is 2.30. The van der Waals surface area contributed by atoms with E-state index in [9.17, 15) is 4.79 Å². The Kier molecular flexibility index (Phi) is 6.95. The van der Waals surface area contributed by atoms with Crippen LogP contribution in [0.5, 0.6) is 17.2 Å². The fraction of sp³-hybridized carbons (Fsp3) is 0.316. The number of ether oxygens (including phenoxy) is 3. The monoisotopic (exact) mass is 344 g/mol. The average Bonchev–Trinajstić information content (AvgIpc) is 2.62. The summed E-state index contributed by atoms with van der Waals surface area (Å²) >= 11 is 0. The topological polar surface area (TPSA) is 68.8 Å². The van der Waals surface area contributed by atoms with E-state index < -0.39 is 0 Å². The van der Waals surface area contributed by atoms with Crippen molar-refractivity contribution in [1.29, 1.82) is 0 Å². The largest absolute Gasteiger partial charge is 0.495 e.